The number of hydrogen-bond acceptors (Lipinski definition) is 3. The second-order valence-corrected chi connectivity index (χ2v) is 8.28. The highest BCUT2D eigenvalue weighted by atomic mass is 35.5. The molecule has 0 aliphatic heterocycles. The molecule has 0 spiro atoms. The van der Waals surface area contributed by atoms with E-state index < -0.39 is 5.91 Å². The fourth-order valence-corrected chi connectivity index (χ4v) is 3.60. The maximum Gasteiger partial charge on any atom is 0.266 e. The molecule has 0 aliphatic carbocycles. The summed E-state index contributed by atoms with van der Waals surface area (Å²) < 4.78 is 0. The SMILES string of the molecule is N#C/C(=C/c1ccc(Sc2ccc(Cl)cc2)cc1)C(=O)Nc1ccc(Cl)c(Cl)c1. The third-order valence-electron chi connectivity index (χ3n) is 3.78. The van der Waals surface area contributed by atoms with Gasteiger partial charge in [-0.3, -0.25) is 4.79 Å². The molecular formula is C22H13Cl3N2OS. The Hall–Kier alpha value is -2.42. The Morgan fingerprint density at radius 1 is 0.897 bits per heavy atom. The Balaban J connectivity index is 1.71. The van der Waals surface area contributed by atoms with Gasteiger partial charge in [-0.15, -0.1) is 0 Å². The Kier molecular flexibility index (Phi) is 7.24. The van der Waals surface area contributed by atoms with Gasteiger partial charge in [0, 0.05) is 20.5 Å². The van der Waals surface area contributed by atoms with Crippen LogP contribution in [0.15, 0.2) is 82.1 Å². The van der Waals surface area contributed by atoms with Crippen molar-refractivity contribution < 1.29 is 4.79 Å². The van der Waals surface area contributed by atoms with E-state index in [-0.39, 0.29) is 5.57 Å². The zero-order valence-corrected chi connectivity index (χ0v) is 17.9. The first-order chi connectivity index (χ1) is 13.9. The van der Waals surface area contributed by atoms with Crippen LogP contribution < -0.4 is 5.32 Å². The third-order valence-corrected chi connectivity index (χ3v) is 5.79. The molecule has 0 saturated heterocycles. The summed E-state index contributed by atoms with van der Waals surface area (Å²) in [5.41, 5.74) is 1.18. The van der Waals surface area contributed by atoms with Gasteiger partial charge in [0.1, 0.15) is 11.6 Å². The van der Waals surface area contributed by atoms with Crippen LogP contribution in [0.2, 0.25) is 15.1 Å². The van der Waals surface area contributed by atoms with Gasteiger partial charge in [0.25, 0.3) is 5.91 Å². The van der Waals surface area contributed by atoms with E-state index in [2.05, 4.69) is 5.32 Å². The van der Waals surface area contributed by atoms with E-state index in [1.165, 1.54) is 12.1 Å². The standard InChI is InChI=1S/C22H13Cl3N2OS/c23-16-3-8-19(9-4-16)29-18-6-1-14(2-7-18)11-15(13-26)22(28)27-17-5-10-20(24)21(25)12-17/h1-12H,(H,27,28)/b15-11-. The number of anilines is 1. The maximum atomic E-state index is 12.4. The van der Waals surface area contributed by atoms with E-state index in [4.69, 9.17) is 34.8 Å². The first kappa shape index (κ1) is 21.3. The molecule has 0 bridgehead atoms. The van der Waals surface area contributed by atoms with Crippen molar-refractivity contribution >= 4 is 64.2 Å². The lowest BCUT2D eigenvalue weighted by Crippen LogP contribution is -2.13. The van der Waals surface area contributed by atoms with Crippen molar-refractivity contribution in [2.75, 3.05) is 5.32 Å². The normalized spacial score (nSPS) is 11.0. The smallest absolute Gasteiger partial charge is 0.266 e. The maximum absolute atomic E-state index is 12.4. The zero-order valence-electron chi connectivity index (χ0n) is 14.8. The molecule has 0 saturated carbocycles. The first-order valence-electron chi connectivity index (χ1n) is 8.36. The molecule has 0 aliphatic rings. The summed E-state index contributed by atoms with van der Waals surface area (Å²) in [6, 6.07) is 21.8. The Morgan fingerprint density at radius 3 is 2.10 bits per heavy atom. The number of carbonyl (C=O) groups is 1. The van der Waals surface area contributed by atoms with Crippen LogP contribution in [0.1, 0.15) is 5.56 Å². The van der Waals surface area contributed by atoms with Crippen LogP contribution in [0, 0.1) is 11.3 Å². The molecule has 0 aromatic heterocycles. The molecule has 1 amide bonds. The first-order valence-corrected chi connectivity index (χ1v) is 10.3. The number of halogens is 3. The molecule has 3 nitrogen and oxygen atoms in total. The molecule has 3 rings (SSSR count). The molecule has 7 heteroatoms. The fourth-order valence-electron chi connectivity index (χ4n) is 2.36. The van der Waals surface area contributed by atoms with E-state index in [0.29, 0.717) is 20.8 Å². The average Bonchev–Trinajstić information content (AvgIpc) is 2.72. The van der Waals surface area contributed by atoms with Crippen molar-refractivity contribution in [2.24, 2.45) is 0 Å². The van der Waals surface area contributed by atoms with Crippen LogP contribution in [-0.4, -0.2) is 5.91 Å². The monoisotopic (exact) mass is 458 g/mol. The van der Waals surface area contributed by atoms with Crippen LogP contribution in [0.4, 0.5) is 5.69 Å². The second-order valence-electron chi connectivity index (χ2n) is 5.88. The molecule has 3 aromatic carbocycles. The van der Waals surface area contributed by atoms with Gasteiger partial charge in [-0.05, 0) is 66.2 Å². The molecule has 0 fully saturated rings. The van der Waals surface area contributed by atoms with Crippen molar-refractivity contribution in [2.45, 2.75) is 9.79 Å². The van der Waals surface area contributed by atoms with Crippen molar-refractivity contribution in [3.8, 4) is 6.07 Å². The van der Waals surface area contributed by atoms with E-state index in [9.17, 15) is 10.1 Å². The van der Waals surface area contributed by atoms with Gasteiger partial charge in [-0.25, -0.2) is 0 Å². The summed E-state index contributed by atoms with van der Waals surface area (Å²) in [5.74, 6) is -0.523. The number of benzene rings is 3. The van der Waals surface area contributed by atoms with Crippen LogP contribution in [0.25, 0.3) is 6.08 Å². The summed E-state index contributed by atoms with van der Waals surface area (Å²) in [7, 11) is 0. The number of rotatable bonds is 5. The fraction of sp³-hybridized carbons (Fsp3) is 0. The Morgan fingerprint density at radius 2 is 1.52 bits per heavy atom. The van der Waals surface area contributed by atoms with Crippen molar-refractivity contribution in [1.82, 2.24) is 0 Å². The Bertz CT molecular complexity index is 1100. The minimum atomic E-state index is -0.523. The van der Waals surface area contributed by atoms with Gasteiger partial charge in [0.15, 0.2) is 0 Å². The number of hydrogen-bond donors (Lipinski definition) is 1. The van der Waals surface area contributed by atoms with E-state index >= 15 is 0 Å². The molecule has 0 atom stereocenters. The molecule has 3 aromatic rings. The van der Waals surface area contributed by atoms with Gasteiger partial charge >= 0.3 is 0 Å². The largest absolute Gasteiger partial charge is 0.321 e. The second kappa shape index (κ2) is 9.87. The predicted octanol–water partition coefficient (Wildman–Crippen LogP) is 7.34. The lowest BCUT2D eigenvalue weighted by Gasteiger charge is -2.06. The average molecular weight is 460 g/mol. The lowest BCUT2D eigenvalue weighted by molar-refractivity contribution is -0.112. The number of nitriles is 1. The molecule has 144 valence electrons. The summed E-state index contributed by atoms with van der Waals surface area (Å²) in [5, 5.41) is 13.4. The van der Waals surface area contributed by atoms with Gasteiger partial charge < -0.3 is 5.32 Å². The zero-order chi connectivity index (χ0) is 20.8. The van der Waals surface area contributed by atoms with Crippen LogP contribution in [0.3, 0.4) is 0 Å². The molecule has 0 radical (unpaired) electrons. The highest BCUT2D eigenvalue weighted by Gasteiger charge is 2.10. The summed E-state index contributed by atoms with van der Waals surface area (Å²) >= 11 is 19.3. The summed E-state index contributed by atoms with van der Waals surface area (Å²) in [6.07, 6.45) is 1.53. The van der Waals surface area contributed by atoms with Gasteiger partial charge in [0.2, 0.25) is 0 Å². The molecular weight excluding hydrogens is 447 g/mol. The van der Waals surface area contributed by atoms with Crippen molar-refractivity contribution in [3.05, 3.63) is 92.9 Å². The summed E-state index contributed by atoms with van der Waals surface area (Å²) in [4.78, 5) is 14.5. The van der Waals surface area contributed by atoms with Crippen LogP contribution in [0.5, 0.6) is 0 Å². The molecule has 0 heterocycles. The molecule has 1 N–H and O–H groups in total. The van der Waals surface area contributed by atoms with Gasteiger partial charge in [-0.2, -0.15) is 5.26 Å². The topological polar surface area (TPSA) is 52.9 Å². The van der Waals surface area contributed by atoms with Crippen LogP contribution in [-0.2, 0) is 4.79 Å². The third kappa shape index (κ3) is 6.03. The van der Waals surface area contributed by atoms with Gasteiger partial charge in [-0.1, -0.05) is 58.7 Å². The lowest BCUT2D eigenvalue weighted by atomic mass is 10.1. The number of nitrogens with zero attached hydrogens (tertiary/aromatic N) is 1. The van der Waals surface area contributed by atoms with Crippen molar-refractivity contribution in [1.29, 1.82) is 5.26 Å². The highest BCUT2D eigenvalue weighted by Crippen LogP contribution is 2.29. The number of nitrogens with one attached hydrogen (secondary N) is 1. The summed E-state index contributed by atoms with van der Waals surface area (Å²) in [6.45, 7) is 0. The van der Waals surface area contributed by atoms with Crippen molar-refractivity contribution in [3.63, 3.8) is 0 Å². The van der Waals surface area contributed by atoms with E-state index in [1.54, 1.807) is 23.9 Å². The Labute approximate surface area is 187 Å². The number of amides is 1. The minimum absolute atomic E-state index is 0.0193. The minimum Gasteiger partial charge on any atom is -0.321 e. The molecule has 0 unspecified atom stereocenters. The van der Waals surface area contributed by atoms with E-state index in [0.717, 1.165) is 15.4 Å². The number of carbonyl (C=O) groups excluding carboxylic acids is 1. The molecule has 29 heavy (non-hydrogen) atoms. The predicted molar refractivity (Wildman–Crippen MR) is 121 cm³/mol. The van der Waals surface area contributed by atoms with E-state index in [1.807, 2.05) is 54.6 Å². The quantitative estimate of drug-likeness (QED) is 0.321. The van der Waals surface area contributed by atoms with Gasteiger partial charge in [0.05, 0.1) is 10.0 Å². The van der Waals surface area contributed by atoms with Crippen LogP contribution >= 0.6 is 46.6 Å². The highest BCUT2D eigenvalue weighted by molar-refractivity contribution is 7.99.